The van der Waals surface area contributed by atoms with Gasteiger partial charge in [-0.3, -0.25) is 4.79 Å². The molecule has 1 aromatic heterocycles. The van der Waals surface area contributed by atoms with Gasteiger partial charge < -0.3 is 10.2 Å². The molecule has 0 atom stereocenters. The van der Waals surface area contributed by atoms with Crippen molar-refractivity contribution in [1.29, 1.82) is 0 Å². The number of carbonyl (C=O) groups excluding carboxylic acids is 1. The molecule has 0 spiro atoms. The van der Waals surface area contributed by atoms with Crippen molar-refractivity contribution in [3.05, 3.63) is 47.5 Å². The average Bonchev–Trinajstić information content (AvgIpc) is 3.04. The summed E-state index contributed by atoms with van der Waals surface area (Å²) in [6.07, 6.45) is 1.59. The maximum atomic E-state index is 13.2. The first-order valence-electron chi connectivity index (χ1n) is 8.82. The normalized spacial score (nSPS) is 11.3. The largest absolute Gasteiger partial charge is 0.351 e. The van der Waals surface area contributed by atoms with Crippen molar-refractivity contribution in [2.45, 2.75) is 33.6 Å². The highest BCUT2D eigenvalue weighted by Gasteiger charge is 2.20. The zero-order valence-electron chi connectivity index (χ0n) is 15.4. The lowest BCUT2D eigenvalue weighted by Crippen LogP contribution is -2.35. The van der Waals surface area contributed by atoms with Gasteiger partial charge in [-0.25, -0.2) is 9.07 Å². The van der Waals surface area contributed by atoms with Crippen molar-refractivity contribution >= 4 is 5.91 Å². The predicted octanol–water partition coefficient (Wildman–Crippen LogP) is 3.21. The van der Waals surface area contributed by atoms with Crippen LogP contribution in [0.5, 0.6) is 0 Å². The third kappa shape index (κ3) is 4.66. The number of carbonyl (C=O) groups is 1. The van der Waals surface area contributed by atoms with Crippen LogP contribution in [-0.2, 0) is 0 Å². The lowest BCUT2D eigenvalue weighted by molar-refractivity contribution is 0.0947. The third-order valence-corrected chi connectivity index (χ3v) is 4.28. The number of amides is 1. The second kappa shape index (κ2) is 8.76. The van der Waals surface area contributed by atoms with Gasteiger partial charge in [-0.15, -0.1) is 0 Å². The molecular weight excluding hydrogens is 319 g/mol. The standard InChI is InChI=1S/C19H27FN4O/c1-5-23(6-2)12-11-21-19(25)17-13-22-24(18(17)14(3)4)16-9-7-15(20)8-10-16/h7-10,13-14H,5-6,11-12H2,1-4H3,(H,21,25). The molecule has 1 heterocycles. The maximum absolute atomic E-state index is 13.2. The smallest absolute Gasteiger partial charge is 0.254 e. The highest BCUT2D eigenvalue weighted by atomic mass is 19.1. The second-order valence-corrected chi connectivity index (χ2v) is 6.27. The van der Waals surface area contributed by atoms with Crippen LogP contribution < -0.4 is 5.32 Å². The summed E-state index contributed by atoms with van der Waals surface area (Å²) in [6.45, 7) is 11.6. The van der Waals surface area contributed by atoms with Gasteiger partial charge in [0, 0.05) is 13.1 Å². The van der Waals surface area contributed by atoms with Crippen molar-refractivity contribution in [2.75, 3.05) is 26.2 Å². The summed E-state index contributed by atoms with van der Waals surface area (Å²) >= 11 is 0. The molecule has 6 heteroatoms. The van der Waals surface area contributed by atoms with E-state index >= 15 is 0 Å². The lowest BCUT2D eigenvalue weighted by Gasteiger charge is -2.18. The summed E-state index contributed by atoms with van der Waals surface area (Å²) in [4.78, 5) is 14.8. The van der Waals surface area contributed by atoms with Crippen LogP contribution in [-0.4, -0.2) is 46.8 Å². The molecule has 136 valence electrons. The van der Waals surface area contributed by atoms with Gasteiger partial charge >= 0.3 is 0 Å². The number of halogens is 1. The van der Waals surface area contributed by atoms with Crippen molar-refractivity contribution in [1.82, 2.24) is 20.0 Å². The molecule has 0 aliphatic heterocycles. The molecular formula is C19H27FN4O. The summed E-state index contributed by atoms with van der Waals surface area (Å²) in [5.41, 5.74) is 2.14. The first-order valence-corrected chi connectivity index (χ1v) is 8.82. The van der Waals surface area contributed by atoms with Gasteiger partial charge in [0.05, 0.1) is 23.1 Å². The lowest BCUT2D eigenvalue weighted by atomic mass is 10.0. The highest BCUT2D eigenvalue weighted by molar-refractivity contribution is 5.95. The Labute approximate surface area is 148 Å². The van der Waals surface area contributed by atoms with Gasteiger partial charge in [-0.05, 0) is 43.3 Å². The third-order valence-electron chi connectivity index (χ3n) is 4.28. The molecule has 1 amide bonds. The topological polar surface area (TPSA) is 50.2 Å². The van der Waals surface area contributed by atoms with Gasteiger partial charge in [-0.1, -0.05) is 27.7 Å². The maximum Gasteiger partial charge on any atom is 0.254 e. The van der Waals surface area contributed by atoms with Gasteiger partial charge in [0.15, 0.2) is 0 Å². The van der Waals surface area contributed by atoms with Gasteiger partial charge in [0.2, 0.25) is 0 Å². The van der Waals surface area contributed by atoms with E-state index in [0.29, 0.717) is 12.1 Å². The zero-order chi connectivity index (χ0) is 18.4. The van der Waals surface area contributed by atoms with Crippen LogP contribution in [0.3, 0.4) is 0 Å². The van der Waals surface area contributed by atoms with E-state index < -0.39 is 0 Å². The van der Waals surface area contributed by atoms with E-state index in [4.69, 9.17) is 0 Å². The number of benzene rings is 1. The molecule has 0 aliphatic rings. The molecule has 1 aromatic carbocycles. The molecule has 0 aliphatic carbocycles. The van der Waals surface area contributed by atoms with E-state index in [1.807, 2.05) is 13.8 Å². The molecule has 0 fully saturated rings. The molecule has 25 heavy (non-hydrogen) atoms. The Kier molecular flexibility index (Phi) is 6.70. The van der Waals surface area contributed by atoms with E-state index in [9.17, 15) is 9.18 Å². The van der Waals surface area contributed by atoms with E-state index in [2.05, 4.69) is 29.2 Å². The first kappa shape index (κ1) is 19.1. The van der Waals surface area contributed by atoms with Crippen molar-refractivity contribution in [2.24, 2.45) is 0 Å². The highest BCUT2D eigenvalue weighted by Crippen LogP contribution is 2.23. The quantitative estimate of drug-likeness (QED) is 0.798. The minimum Gasteiger partial charge on any atom is -0.351 e. The van der Waals surface area contributed by atoms with E-state index in [1.165, 1.54) is 12.1 Å². The summed E-state index contributed by atoms with van der Waals surface area (Å²) < 4.78 is 14.9. The van der Waals surface area contributed by atoms with Crippen molar-refractivity contribution in [3.63, 3.8) is 0 Å². The molecule has 5 nitrogen and oxygen atoms in total. The summed E-state index contributed by atoms with van der Waals surface area (Å²) in [7, 11) is 0. The van der Waals surface area contributed by atoms with Crippen LogP contribution in [0.15, 0.2) is 30.5 Å². The molecule has 0 radical (unpaired) electrons. The Balaban J connectivity index is 2.18. The van der Waals surface area contributed by atoms with E-state index in [1.54, 1.807) is 23.0 Å². The number of rotatable bonds is 8. The van der Waals surface area contributed by atoms with Gasteiger partial charge in [0.1, 0.15) is 5.82 Å². The molecule has 1 N–H and O–H groups in total. The van der Waals surface area contributed by atoms with Crippen LogP contribution >= 0.6 is 0 Å². The van der Waals surface area contributed by atoms with Crippen molar-refractivity contribution in [3.8, 4) is 5.69 Å². The average molecular weight is 346 g/mol. The van der Waals surface area contributed by atoms with Crippen molar-refractivity contribution < 1.29 is 9.18 Å². The Hall–Kier alpha value is -2.21. The minimum atomic E-state index is -0.295. The van der Waals surface area contributed by atoms with Crippen LogP contribution in [0.4, 0.5) is 4.39 Å². The molecule has 0 saturated heterocycles. The SMILES string of the molecule is CCN(CC)CCNC(=O)c1cnn(-c2ccc(F)cc2)c1C(C)C. The molecule has 0 unspecified atom stereocenters. The van der Waals surface area contributed by atoms with Crippen LogP contribution in [0, 0.1) is 5.82 Å². The summed E-state index contributed by atoms with van der Waals surface area (Å²) in [6, 6.07) is 6.11. The fourth-order valence-electron chi connectivity index (χ4n) is 2.84. The van der Waals surface area contributed by atoms with Crippen LogP contribution in [0.1, 0.15) is 49.7 Å². The number of aromatic nitrogens is 2. The Morgan fingerprint density at radius 2 is 1.88 bits per heavy atom. The predicted molar refractivity (Wildman–Crippen MR) is 97.7 cm³/mol. The van der Waals surface area contributed by atoms with E-state index in [0.717, 1.165) is 31.0 Å². The molecule has 0 saturated carbocycles. The Morgan fingerprint density at radius 3 is 2.44 bits per heavy atom. The number of hydrogen-bond acceptors (Lipinski definition) is 3. The molecule has 2 rings (SSSR count). The number of likely N-dealkylation sites (N-methyl/N-ethyl adjacent to an activating group) is 1. The monoisotopic (exact) mass is 346 g/mol. The van der Waals surface area contributed by atoms with Gasteiger partial charge in [-0.2, -0.15) is 5.10 Å². The Morgan fingerprint density at radius 1 is 1.24 bits per heavy atom. The minimum absolute atomic E-state index is 0.107. The van der Waals surface area contributed by atoms with Crippen LogP contribution in [0.25, 0.3) is 5.69 Å². The summed E-state index contributed by atoms with van der Waals surface area (Å²) in [5, 5.41) is 7.33. The molecule has 0 bridgehead atoms. The summed E-state index contributed by atoms with van der Waals surface area (Å²) in [5.74, 6) is -0.309. The van der Waals surface area contributed by atoms with Crippen LogP contribution in [0.2, 0.25) is 0 Å². The number of nitrogens with one attached hydrogen (secondary N) is 1. The fraction of sp³-hybridized carbons (Fsp3) is 0.474. The van der Waals surface area contributed by atoms with E-state index in [-0.39, 0.29) is 17.6 Å². The zero-order valence-corrected chi connectivity index (χ0v) is 15.4. The fourth-order valence-corrected chi connectivity index (χ4v) is 2.84. The second-order valence-electron chi connectivity index (χ2n) is 6.27. The number of nitrogens with zero attached hydrogens (tertiary/aromatic N) is 3. The Bertz CT molecular complexity index is 690. The van der Waals surface area contributed by atoms with Gasteiger partial charge in [0.25, 0.3) is 5.91 Å². The molecule has 2 aromatic rings. The number of hydrogen-bond donors (Lipinski definition) is 1. The first-order chi connectivity index (χ1) is 12.0.